The molecule has 0 aromatic heterocycles. The third-order valence-electron chi connectivity index (χ3n) is 3.30. The molecule has 120 valence electrons. The number of non-ortho nitro benzene ring substituents is 1. The molecule has 2 aromatic carbocycles. The van der Waals surface area contributed by atoms with Crippen LogP contribution in [0.2, 0.25) is 0 Å². The lowest BCUT2D eigenvalue weighted by Crippen LogP contribution is -2.26. The summed E-state index contributed by atoms with van der Waals surface area (Å²) in [6.07, 6.45) is 1.99. The van der Waals surface area contributed by atoms with Gasteiger partial charge in [0.2, 0.25) is 0 Å². The van der Waals surface area contributed by atoms with Crippen LogP contribution in [0, 0.1) is 21.4 Å². The maximum atomic E-state index is 12.1. The summed E-state index contributed by atoms with van der Waals surface area (Å²) in [5, 5.41) is 22.6. The van der Waals surface area contributed by atoms with Crippen molar-refractivity contribution in [3.05, 3.63) is 81.4 Å². The molecule has 6 nitrogen and oxygen atoms in total. The molecule has 2 rings (SSSR count). The minimum atomic E-state index is -0.524. The number of nitrogens with one attached hydrogen (secondary N) is 1. The molecule has 0 aliphatic rings. The molecular weight excluding hydrogens is 306 g/mol. The van der Waals surface area contributed by atoms with Gasteiger partial charge in [-0.15, -0.1) is 0 Å². The van der Waals surface area contributed by atoms with Crippen LogP contribution in [0.1, 0.15) is 11.1 Å². The first-order chi connectivity index (χ1) is 11.6. The number of nitriles is 1. The number of amides is 1. The van der Waals surface area contributed by atoms with Crippen LogP contribution in [0.3, 0.4) is 0 Å². The first-order valence-electron chi connectivity index (χ1n) is 7.28. The molecular formula is C18H15N3O3. The van der Waals surface area contributed by atoms with Crippen LogP contribution >= 0.6 is 0 Å². The Labute approximate surface area is 139 Å². The van der Waals surface area contributed by atoms with Crippen molar-refractivity contribution in [1.82, 2.24) is 5.32 Å². The number of carbonyl (C=O) groups excluding carboxylic acids is 1. The van der Waals surface area contributed by atoms with Gasteiger partial charge in [0.05, 0.1) is 4.92 Å². The van der Waals surface area contributed by atoms with Crippen LogP contribution in [0.25, 0.3) is 6.08 Å². The molecule has 0 saturated carbocycles. The van der Waals surface area contributed by atoms with Crippen LogP contribution in [-0.2, 0) is 11.2 Å². The molecule has 1 N–H and O–H groups in total. The molecule has 0 aliphatic carbocycles. The minimum Gasteiger partial charge on any atom is -0.351 e. The number of benzene rings is 2. The highest BCUT2D eigenvalue weighted by Crippen LogP contribution is 2.15. The number of rotatable bonds is 6. The van der Waals surface area contributed by atoms with Gasteiger partial charge in [-0.25, -0.2) is 0 Å². The van der Waals surface area contributed by atoms with Gasteiger partial charge in [0.25, 0.3) is 11.6 Å². The maximum Gasteiger partial charge on any atom is 0.270 e. The molecule has 0 heterocycles. The van der Waals surface area contributed by atoms with Gasteiger partial charge in [-0.1, -0.05) is 42.5 Å². The lowest BCUT2D eigenvalue weighted by molar-refractivity contribution is -0.384. The second kappa shape index (κ2) is 8.25. The first kappa shape index (κ1) is 16.9. The summed E-state index contributed by atoms with van der Waals surface area (Å²) in [6.45, 7) is 0.400. The summed E-state index contributed by atoms with van der Waals surface area (Å²) in [5.41, 5.74) is 1.33. The van der Waals surface area contributed by atoms with E-state index in [4.69, 9.17) is 5.26 Å². The topological polar surface area (TPSA) is 96.0 Å². The van der Waals surface area contributed by atoms with E-state index in [1.165, 1.54) is 24.3 Å². The third kappa shape index (κ3) is 4.78. The van der Waals surface area contributed by atoms with Crippen molar-refractivity contribution in [2.45, 2.75) is 6.42 Å². The zero-order valence-electron chi connectivity index (χ0n) is 12.8. The molecule has 0 saturated heterocycles. The number of nitro benzene ring substituents is 1. The predicted octanol–water partition coefficient (Wildman–Crippen LogP) is 2.86. The molecule has 0 bridgehead atoms. The number of hydrogen-bond acceptors (Lipinski definition) is 4. The fourth-order valence-electron chi connectivity index (χ4n) is 2.10. The van der Waals surface area contributed by atoms with Crippen molar-refractivity contribution in [1.29, 1.82) is 5.26 Å². The van der Waals surface area contributed by atoms with Gasteiger partial charge < -0.3 is 5.32 Å². The van der Waals surface area contributed by atoms with E-state index in [2.05, 4.69) is 5.32 Å². The summed E-state index contributed by atoms with van der Waals surface area (Å²) < 4.78 is 0. The maximum absolute atomic E-state index is 12.1. The largest absolute Gasteiger partial charge is 0.351 e. The van der Waals surface area contributed by atoms with Crippen molar-refractivity contribution in [2.75, 3.05) is 6.54 Å². The Balaban J connectivity index is 2.02. The van der Waals surface area contributed by atoms with E-state index < -0.39 is 10.8 Å². The number of carbonyl (C=O) groups is 1. The van der Waals surface area contributed by atoms with Gasteiger partial charge in [0.15, 0.2) is 0 Å². The second-order valence-electron chi connectivity index (χ2n) is 5.01. The normalized spacial score (nSPS) is 10.7. The Hall–Kier alpha value is -3.46. The van der Waals surface area contributed by atoms with Gasteiger partial charge in [0.1, 0.15) is 11.6 Å². The molecule has 1 amide bonds. The Kier molecular flexibility index (Phi) is 5.81. The zero-order valence-corrected chi connectivity index (χ0v) is 12.8. The molecule has 0 radical (unpaired) electrons. The van der Waals surface area contributed by atoms with E-state index in [0.717, 1.165) is 5.56 Å². The number of nitrogens with zero attached hydrogens (tertiary/aromatic N) is 2. The molecule has 6 heteroatoms. The number of hydrogen-bond donors (Lipinski definition) is 1. The Bertz CT molecular complexity index is 808. The molecule has 0 fully saturated rings. The Morgan fingerprint density at radius 1 is 1.21 bits per heavy atom. The molecule has 2 aromatic rings. The first-order valence-corrected chi connectivity index (χ1v) is 7.28. The van der Waals surface area contributed by atoms with E-state index >= 15 is 0 Å². The van der Waals surface area contributed by atoms with Gasteiger partial charge in [-0.05, 0) is 23.6 Å². The van der Waals surface area contributed by atoms with Gasteiger partial charge in [0, 0.05) is 18.7 Å². The minimum absolute atomic E-state index is 0.0921. The average Bonchev–Trinajstić information content (AvgIpc) is 2.60. The summed E-state index contributed by atoms with van der Waals surface area (Å²) in [6, 6.07) is 17.3. The highest BCUT2D eigenvalue weighted by molar-refractivity contribution is 6.01. The fraction of sp³-hybridized carbons (Fsp3) is 0.111. The molecule has 0 atom stereocenters. The Morgan fingerprint density at radius 3 is 2.62 bits per heavy atom. The lowest BCUT2D eigenvalue weighted by Gasteiger charge is -2.04. The fourth-order valence-corrected chi connectivity index (χ4v) is 2.10. The van der Waals surface area contributed by atoms with Crippen molar-refractivity contribution in [2.24, 2.45) is 0 Å². The van der Waals surface area contributed by atoms with E-state index in [9.17, 15) is 14.9 Å². The predicted molar refractivity (Wildman–Crippen MR) is 89.8 cm³/mol. The van der Waals surface area contributed by atoms with Crippen LogP contribution in [0.4, 0.5) is 5.69 Å². The zero-order chi connectivity index (χ0) is 17.4. The highest BCUT2D eigenvalue weighted by atomic mass is 16.6. The van der Waals surface area contributed by atoms with Crippen LogP contribution in [0.5, 0.6) is 0 Å². The second-order valence-corrected chi connectivity index (χ2v) is 5.01. The number of nitro groups is 1. The van der Waals surface area contributed by atoms with Crippen molar-refractivity contribution in [3.8, 4) is 6.07 Å². The van der Waals surface area contributed by atoms with Crippen molar-refractivity contribution in [3.63, 3.8) is 0 Å². The molecule has 24 heavy (non-hydrogen) atoms. The summed E-state index contributed by atoms with van der Waals surface area (Å²) in [7, 11) is 0. The van der Waals surface area contributed by atoms with Crippen molar-refractivity contribution < 1.29 is 9.72 Å². The monoisotopic (exact) mass is 321 g/mol. The van der Waals surface area contributed by atoms with Gasteiger partial charge in [-0.3, -0.25) is 14.9 Å². The summed E-state index contributed by atoms with van der Waals surface area (Å²) >= 11 is 0. The summed E-state index contributed by atoms with van der Waals surface area (Å²) in [5.74, 6) is -0.500. The van der Waals surface area contributed by atoms with Crippen LogP contribution in [0.15, 0.2) is 60.2 Å². The van der Waals surface area contributed by atoms with E-state index in [-0.39, 0.29) is 11.3 Å². The molecule has 0 unspecified atom stereocenters. The summed E-state index contributed by atoms with van der Waals surface area (Å²) in [4.78, 5) is 22.3. The van der Waals surface area contributed by atoms with E-state index in [0.29, 0.717) is 18.5 Å². The van der Waals surface area contributed by atoms with Gasteiger partial charge in [-0.2, -0.15) is 5.26 Å². The SMILES string of the molecule is N#C/C(=C\c1cccc([N+](=O)[O-])c1)C(=O)NCCc1ccccc1. The molecule has 0 spiro atoms. The standard InChI is InChI=1S/C18H15N3O3/c19-13-16(11-15-7-4-8-17(12-15)21(23)24)18(22)20-10-9-14-5-2-1-3-6-14/h1-8,11-12H,9-10H2,(H,20,22)/b16-11+. The van der Waals surface area contributed by atoms with E-state index in [1.54, 1.807) is 6.07 Å². The smallest absolute Gasteiger partial charge is 0.270 e. The Morgan fingerprint density at radius 2 is 1.96 bits per heavy atom. The van der Waals surface area contributed by atoms with Crippen LogP contribution in [-0.4, -0.2) is 17.4 Å². The van der Waals surface area contributed by atoms with Crippen molar-refractivity contribution >= 4 is 17.7 Å². The third-order valence-corrected chi connectivity index (χ3v) is 3.30. The van der Waals surface area contributed by atoms with E-state index in [1.807, 2.05) is 36.4 Å². The average molecular weight is 321 g/mol. The quantitative estimate of drug-likeness (QED) is 0.383. The molecule has 0 aliphatic heterocycles. The van der Waals surface area contributed by atoms with Crippen LogP contribution < -0.4 is 5.32 Å². The van der Waals surface area contributed by atoms with Gasteiger partial charge >= 0.3 is 0 Å². The highest BCUT2D eigenvalue weighted by Gasteiger charge is 2.10. The lowest BCUT2D eigenvalue weighted by atomic mass is 10.1.